The summed E-state index contributed by atoms with van der Waals surface area (Å²) in [6.07, 6.45) is 40.8. The molecule has 1 amide bonds. The Morgan fingerprint density at radius 3 is 1.59 bits per heavy atom. The molecule has 0 saturated heterocycles. The van der Waals surface area contributed by atoms with Crippen LogP contribution in [0, 0.1) is 0 Å². The highest BCUT2D eigenvalue weighted by molar-refractivity contribution is 7.45. The number of rotatable bonds is 37. The Balaban J connectivity index is 4.38. The zero-order valence-electron chi connectivity index (χ0n) is 33.8. The van der Waals surface area contributed by atoms with E-state index in [1.54, 1.807) is 6.08 Å². The van der Waals surface area contributed by atoms with Crippen LogP contribution in [0.5, 0.6) is 0 Å². The number of unbranched alkanes of at least 4 members (excludes halogenated alkanes) is 20. The number of nitrogens with zero attached hydrogens (tertiary/aromatic N) is 1. The highest BCUT2D eigenvalue weighted by Gasteiger charge is 2.23. The molecule has 0 aromatic carbocycles. The molecule has 0 rings (SSSR count). The molecule has 0 aliphatic carbocycles. The minimum absolute atomic E-state index is 0.00863. The third-order valence-corrected chi connectivity index (χ3v) is 10.0. The Labute approximate surface area is 315 Å². The second kappa shape index (κ2) is 34.5. The van der Waals surface area contributed by atoms with Gasteiger partial charge in [0, 0.05) is 6.42 Å². The molecule has 3 unspecified atom stereocenters. The van der Waals surface area contributed by atoms with E-state index >= 15 is 0 Å². The summed E-state index contributed by atoms with van der Waals surface area (Å²) in [4.78, 5) is 25.0. The van der Waals surface area contributed by atoms with Crippen molar-refractivity contribution in [2.24, 2.45) is 0 Å². The Morgan fingerprint density at radius 1 is 0.667 bits per heavy atom. The van der Waals surface area contributed by atoms with Crippen LogP contribution < -0.4 is 10.2 Å². The molecule has 51 heavy (non-hydrogen) atoms. The topological polar surface area (TPSA) is 108 Å². The quantitative estimate of drug-likeness (QED) is 0.0284. The van der Waals surface area contributed by atoms with Gasteiger partial charge in [0.2, 0.25) is 5.91 Å². The summed E-state index contributed by atoms with van der Waals surface area (Å²) >= 11 is 0. The lowest BCUT2D eigenvalue weighted by Gasteiger charge is -2.29. The third kappa shape index (κ3) is 36.9. The number of carbonyl (C=O) groups excluding carboxylic acids is 1. The molecule has 0 bridgehead atoms. The van der Waals surface area contributed by atoms with Gasteiger partial charge in [-0.2, -0.15) is 0 Å². The first-order chi connectivity index (χ1) is 24.5. The molecule has 9 heteroatoms. The minimum atomic E-state index is -4.59. The van der Waals surface area contributed by atoms with Gasteiger partial charge >= 0.3 is 0 Å². The second-order valence-corrected chi connectivity index (χ2v) is 16.7. The van der Waals surface area contributed by atoms with Crippen LogP contribution in [0.25, 0.3) is 0 Å². The molecular weight excluding hydrogens is 659 g/mol. The summed E-state index contributed by atoms with van der Waals surface area (Å²) < 4.78 is 23.0. The van der Waals surface area contributed by atoms with Crippen LogP contribution in [0.4, 0.5) is 0 Å². The van der Waals surface area contributed by atoms with Gasteiger partial charge in [-0.3, -0.25) is 9.36 Å². The van der Waals surface area contributed by atoms with Gasteiger partial charge in [0.15, 0.2) is 0 Å². The summed E-state index contributed by atoms with van der Waals surface area (Å²) in [5.41, 5.74) is 0. The zero-order chi connectivity index (χ0) is 37.9. The minimum Gasteiger partial charge on any atom is -0.756 e. The van der Waals surface area contributed by atoms with Crippen molar-refractivity contribution < 1.29 is 32.9 Å². The maximum atomic E-state index is 12.7. The maximum Gasteiger partial charge on any atom is 0.268 e. The largest absolute Gasteiger partial charge is 0.756 e. The van der Waals surface area contributed by atoms with Gasteiger partial charge < -0.3 is 28.8 Å². The van der Waals surface area contributed by atoms with E-state index in [0.717, 1.165) is 44.9 Å². The van der Waals surface area contributed by atoms with Crippen molar-refractivity contribution in [3.63, 3.8) is 0 Å². The van der Waals surface area contributed by atoms with Gasteiger partial charge in [-0.1, -0.05) is 159 Å². The van der Waals surface area contributed by atoms with Crippen molar-refractivity contribution >= 4 is 13.7 Å². The standard InChI is InChI=1S/C42H81N2O6P/c1-6-8-10-12-14-15-16-17-18-19-20-21-22-23-24-25-26-27-28-30-31-33-35-41(45)40(39-50-51(47,48)49-38-37-44(3,4)5)43-42(46)36-34-32-29-13-11-9-7-2/h23-24,27-28,33,35,40-41,45H,6-22,25-26,29-32,34,36-39H2,1-5H3,(H-,43,46,47,48)/b24-23+,28-27+,35-33+. The molecular formula is C42H81N2O6P. The molecule has 0 spiro atoms. The van der Waals surface area contributed by atoms with Gasteiger partial charge in [0.1, 0.15) is 13.2 Å². The van der Waals surface area contributed by atoms with Crippen molar-refractivity contribution in [2.45, 2.75) is 187 Å². The number of quaternary nitrogens is 1. The van der Waals surface area contributed by atoms with Crippen LogP contribution in [0.3, 0.4) is 0 Å². The summed E-state index contributed by atoms with van der Waals surface area (Å²) in [6.45, 7) is 4.55. The lowest BCUT2D eigenvalue weighted by Crippen LogP contribution is -2.45. The predicted molar refractivity (Wildman–Crippen MR) is 215 cm³/mol. The summed E-state index contributed by atoms with van der Waals surface area (Å²) in [7, 11) is 1.23. The molecule has 2 N–H and O–H groups in total. The summed E-state index contributed by atoms with van der Waals surface area (Å²) in [5.74, 6) is -0.220. The van der Waals surface area contributed by atoms with E-state index in [-0.39, 0.29) is 12.5 Å². The first-order valence-electron chi connectivity index (χ1n) is 20.9. The molecule has 0 aromatic rings. The number of nitrogens with one attached hydrogen (secondary N) is 1. The van der Waals surface area contributed by atoms with Crippen LogP contribution >= 0.6 is 7.82 Å². The van der Waals surface area contributed by atoms with E-state index in [1.165, 1.54) is 109 Å². The van der Waals surface area contributed by atoms with E-state index in [9.17, 15) is 19.4 Å². The van der Waals surface area contributed by atoms with E-state index in [1.807, 2.05) is 27.2 Å². The van der Waals surface area contributed by atoms with Gasteiger partial charge in [-0.05, 0) is 44.9 Å². The van der Waals surface area contributed by atoms with E-state index in [4.69, 9.17) is 9.05 Å². The normalized spacial score (nSPS) is 14.9. The molecule has 8 nitrogen and oxygen atoms in total. The molecule has 0 radical (unpaired) electrons. The van der Waals surface area contributed by atoms with Crippen molar-refractivity contribution in [1.29, 1.82) is 0 Å². The van der Waals surface area contributed by atoms with Crippen LogP contribution in [0.2, 0.25) is 0 Å². The molecule has 0 saturated carbocycles. The molecule has 0 aliphatic heterocycles. The molecule has 3 atom stereocenters. The van der Waals surface area contributed by atoms with Gasteiger partial charge in [0.05, 0.1) is 39.9 Å². The number of phosphoric ester groups is 1. The summed E-state index contributed by atoms with van der Waals surface area (Å²) in [6, 6.07) is -0.903. The fraction of sp³-hybridized carbons (Fsp3) is 0.833. The number of aliphatic hydroxyl groups excluding tert-OH is 1. The average molecular weight is 741 g/mol. The van der Waals surface area contributed by atoms with Crippen molar-refractivity contribution in [2.75, 3.05) is 40.9 Å². The Bertz CT molecular complexity index is 933. The number of hydrogen-bond donors (Lipinski definition) is 2. The molecule has 0 aromatic heterocycles. The molecule has 300 valence electrons. The van der Waals surface area contributed by atoms with Crippen LogP contribution in [0.1, 0.15) is 174 Å². The Hall–Kier alpha value is -1.28. The first-order valence-corrected chi connectivity index (χ1v) is 22.3. The van der Waals surface area contributed by atoms with Crippen LogP contribution in [0.15, 0.2) is 36.5 Å². The number of phosphoric acid groups is 1. The first kappa shape index (κ1) is 49.7. The number of likely N-dealkylation sites (N-methyl/N-ethyl adjacent to an activating group) is 1. The predicted octanol–water partition coefficient (Wildman–Crippen LogP) is 10.5. The smallest absolute Gasteiger partial charge is 0.268 e. The van der Waals surface area contributed by atoms with Crippen LogP contribution in [-0.2, 0) is 18.4 Å². The second-order valence-electron chi connectivity index (χ2n) is 15.3. The van der Waals surface area contributed by atoms with E-state index in [2.05, 4.69) is 43.5 Å². The van der Waals surface area contributed by atoms with Gasteiger partial charge in [-0.25, -0.2) is 0 Å². The lowest BCUT2D eigenvalue weighted by atomic mass is 10.0. The zero-order valence-corrected chi connectivity index (χ0v) is 34.7. The number of amides is 1. The fourth-order valence-corrected chi connectivity index (χ4v) is 6.43. The highest BCUT2D eigenvalue weighted by atomic mass is 31.2. The maximum absolute atomic E-state index is 12.7. The summed E-state index contributed by atoms with van der Waals surface area (Å²) in [5, 5.41) is 13.6. The Morgan fingerprint density at radius 2 is 1.10 bits per heavy atom. The van der Waals surface area contributed by atoms with Crippen molar-refractivity contribution in [1.82, 2.24) is 5.32 Å². The number of carbonyl (C=O) groups is 1. The van der Waals surface area contributed by atoms with Crippen molar-refractivity contribution in [3.05, 3.63) is 36.5 Å². The number of aliphatic hydroxyl groups is 1. The van der Waals surface area contributed by atoms with E-state index in [0.29, 0.717) is 17.4 Å². The molecule has 0 fully saturated rings. The third-order valence-electron chi connectivity index (χ3n) is 9.08. The van der Waals surface area contributed by atoms with Gasteiger partial charge in [0.25, 0.3) is 7.82 Å². The van der Waals surface area contributed by atoms with Crippen LogP contribution in [-0.4, -0.2) is 68.5 Å². The SMILES string of the molecule is CCCCCCCCCCCCCC/C=C/CC/C=C/CC/C=C/C(O)C(COP(=O)([O-])OCC[N+](C)(C)C)NC(=O)CCCCCCCCC. The number of allylic oxidation sites excluding steroid dienone is 5. The molecule has 0 aliphatic rings. The van der Waals surface area contributed by atoms with E-state index < -0.39 is 26.6 Å². The Kier molecular flexibility index (Phi) is 33.6. The molecule has 0 heterocycles. The average Bonchev–Trinajstić information content (AvgIpc) is 3.07. The lowest BCUT2D eigenvalue weighted by molar-refractivity contribution is -0.870. The van der Waals surface area contributed by atoms with Crippen molar-refractivity contribution in [3.8, 4) is 0 Å². The fourth-order valence-electron chi connectivity index (χ4n) is 5.71. The number of hydrogen-bond acceptors (Lipinski definition) is 6. The van der Waals surface area contributed by atoms with Gasteiger partial charge in [-0.15, -0.1) is 0 Å². The monoisotopic (exact) mass is 741 g/mol. The highest BCUT2D eigenvalue weighted by Crippen LogP contribution is 2.38.